The van der Waals surface area contributed by atoms with Crippen LogP contribution in [-0.2, 0) is 6.42 Å². The van der Waals surface area contributed by atoms with Crippen molar-refractivity contribution in [2.45, 2.75) is 58.9 Å². The summed E-state index contributed by atoms with van der Waals surface area (Å²) in [6, 6.07) is 7.53. The van der Waals surface area contributed by atoms with Crippen LogP contribution in [0.25, 0.3) is 0 Å². The van der Waals surface area contributed by atoms with E-state index in [-0.39, 0.29) is 5.82 Å². The van der Waals surface area contributed by atoms with Gasteiger partial charge in [-0.2, -0.15) is 0 Å². The molecule has 0 spiro atoms. The van der Waals surface area contributed by atoms with Crippen molar-refractivity contribution in [1.82, 2.24) is 5.32 Å². The third-order valence-corrected chi connectivity index (χ3v) is 3.58. The molecule has 0 aromatic heterocycles. The lowest BCUT2D eigenvalue weighted by atomic mass is 9.93. The summed E-state index contributed by atoms with van der Waals surface area (Å²) >= 11 is 0. The maximum absolute atomic E-state index is 13.7. The van der Waals surface area contributed by atoms with Crippen molar-refractivity contribution in [2.75, 3.05) is 6.54 Å². The highest BCUT2D eigenvalue weighted by Crippen LogP contribution is 2.17. The first-order valence-electron chi connectivity index (χ1n) is 7.64. The molecule has 2 unspecified atom stereocenters. The lowest BCUT2D eigenvalue weighted by Crippen LogP contribution is -2.33. The van der Waals surface area contributed by atoms with Crippen LogP contribution in [-0.4, -0.2) is 12.6 Å². The summed E-state index contributed by atoms with van der Waals surface area (Å²) in [6.07, 6.45) is 5.52. The number of hydrogen-bond acceptors (Lipinski definition) is 1. The summed E-state index contributed by atoms with van der Waals surface area (Å²) in [7, 11) is 0. The minimum absolute atomic E-state index is 0.0751. The Morgan fingerprint density at radius 1 is 1.16 bits per heavy atom. The second kappa shape index (κ2) is 9.08. The fraction of sp³-hybridized carbons (Fsp3) is 0.647. The molecule has 19 heavy (non-hydrogen) atoms. The fourth-order valence-corrected chi connectivity index (χ4v) is 2.61. The molecule has 0 aliphatic heterocycles. The molecule has 0 fully saturated rings. The first-order valence-corrected chi connectivity index (χ1v) is 7.64. The van der Waals surface area contributed by atoms with Gasteiger partial charge in [-0.3, -0.25) is 0 Å². The standard InChI is InChI=1S/C17H28FN/c1-4-8-14(3)12-16(19-11-5-2)13-15-9-6-7-10-17(15)18/h6-7,9-10,14,16,19H,4-5,8,11-13H2,1-3H3. The van der Waals surface area contributed by atoms with Crippen molar-refractivity contribution in [3.05, 3.63) is 35.6 Å². The molecule has 0 aliphatic carbocycles. The molecule has 0 amide bonds. The van der Waals surface area contributed by atoms with Gasteiger partial charge in [0.2, 0.25) is 0 Å². The molecule has 2 atom stereocenters. The van der Waals surface area contributed by atoms with Gasteiger partial charge in [0.1, 0.15) is 5.82 Å². The summed E-state index contributed by atoms with van der Waals surface area (Å²) in [6.45, 7) is 7.70. The molecule has 0 bridgehead atoms. The SMILES string of the molecule is CCCNC(Cc1ccccc1F)CC(C)CCC. The van der Waals surface area contributed by atoms with Crippen LogP contribution in [0.4, 0.5) is 4.39 Å². The summed E-state index contributed by atoms with van der Waals surface area (Å²) in [5, 5.41) is 3.57. The molecule has 1 N–H and O–H groups in total. The van der Waals surface area contributed by atoms with Gasteiger partial charge in [-0.15, -0.1) is 0 Å². The number of nitrogens with one attached hydrogen (secondary N) is 1. The first kappa shape index (κ1) is 16.2. The van der Waals surface area contributed by atoms with E-state index in [0.29, 0.717) is 12.0 Å². The Hall–Kier alpha value is -0.890. The zero-order valence-corrected chi connectivity index (χ0v) is 12.6. The van der Waals surface area contributed by atoms with Gasteiger partial charge < -0.3 is 5.32 Å². The predicted molar refractivity (Wildman–Crippen MR) is 80.9 cm³/mol. The van der Waals surface area contributed by atoms with Gasteiger partial charge in [-0.1, -0.05) is 51.8 Å². The monoisotopic (exact) mass is 265 g/mol. The maximum atomic E-state index is 13.7. The molecule has 0 aliphatic rings. The largest absolute Gasteiger partial charge is 0.314 e. The Kier molecular flexibility index (Phi) is 7.73. The lowest BCUT2D eigenvalue weighted by molar-refractivity contribution is 0.377. The molecule has 108 valence electrons. The van der Waals surface area contributed by atoms with Crippen LogP contribution >= 0.6 is 0 Å². The second-order valence-corrected chi connectivity index (χ2v) is 5.58. The zero-order valence-electron chi connectivity index (χ0n) is 12.6. The Morgan fingerprint density at radius 2 is 1.89 bits per heavy atom. The van der Waals surface area contributed by atoms with Gasteiger partial charge >= 0.3 is 0 Å². The third-order valence-electron chi connectivity index (χ3n) is 3.58. The highest BCUT2D eigenvalue weighted by Gasteiger charge is 2.14. The summed E-state index contributed by atoms with van der Waals surface area (Å²) < 4.78 is 13.7. The Bertz CT molecular complexity index is 351. The lowest BCUT2D eigenvalue weighted by Gasteiger charge is -2.22. The van der Waals surface area contributed by atoms with E-state index in [2.05, 4.69) is 26.1 Å². The second-order valence-electron chi connectivity index (χ2n) is 5.58. The maximum Gasteiger partial charge on any atom is 0.126 e. The molecule has 2 heteroatoms. The minimum atomic E-state index is -0.0751. The van der Waals surface area contributed by atoms with Gasteiger partial charge in [0.05, 0.1) is 0 Å². The predicted octanol–water partition coefficient (Wildman–Crippen LogP) is 4.56. The number of benzene rings is 1. The number of rotatable bonds is 9. The van der Waals surface area contributed by atoms with Crippen molar-refractivity contribution >= 4 is 0 Å². The van der Waals surface area contributed by atoms with Crippen molar-refractivity contribution in [3.8, 4) is 0 Å². The third kappa shape index (κ3) is 6.20. The topological polar surface area (TPSA) is 12.0 Å². The van der Waals surface area contributed by atoms with E-state index in [9.17, 15) is 4.39 Å². The van der Waals surface area contributed by atoms with Crippen LogP contribution in [0, 0.1) is 11.7 Å². The fourth-order valence-electron chi connectivity index (χ4n) is 2.61. The van der Waals surface area contributed by atoms with E-state index in [1.807, 2.05) is 12.1 Å². The molecular formula is C17H28FN. The molecule has 0 saturated heterocycles. The van der Waals surface area contributed by atoms with Gasteiger partial charge in [-0.25, -0.2) is 4.39 Å². The number of halogens is 1. The molecule has 0 heterocycles. The highest BCUT2D eigenvalue weighted by molar-refractivity contribution is 5.18. The van der Waals surface area contributed by atoms with Gasteiger partial charge in [-0.05, 0) is 43.4 Å². The van der Waals surface area contributed by atoms with E-state index in [1.54, 1.807) is 12.1 Å². The molecular weight excluding hydrogens is 237 g/mol. The minimum Gasteiger partial charge on any atom is -0.314 e. The van der Waals surface area contributed by atoms with E-state index < -0.39 is 0 Å². The van der Waals surface area contributed by atoms with Crippen LogP contribution in [0.5, 0.6) is 0 Å². The van der Waals surface area contributed by atoms with Gasteiger partial charge in [0, 0.05) is 6.04 Å². The normalized spacial score (nSPS) is 14.3. The van der Waals surface area contributed by atoms with Crippen LogP contribution in [0.3, 0.4) is 0 Å². The summed E-state index contributed by atoms with van der Waals surface area (Å²) in [5.74, 6) is 0.625. The van der Waals surface area contributed by atoms with Crippen molar-refractivity contribution in [2.24, 2.45) is 5.92 Å². The molecule has 1 aromatic carbocycles. The Labute approximate surface area is 117 Å². The van der Waals surface area contributed by atoms with Crippen LogP contribution in [0.2, 0.25) is 0 Å². The molecule has 1 aromatic rings. The molecule has 0 saturated carbocycles. The molecule has 1 rings (SSSR count). The highest BCUT2D eigenvalue weighted by atomic mass is 19.1. The average molecular weight is 265 g/mol. The molecule has 1 nitrogen and oxygen atoms in total. The smallest absolute Gasteiger partial charge is 0.126 e. The Balaban J connectivity index is 2.60. The van der Waals surface area contributed by atoms with Gasteiger partial charge in [0.15, 0.2) is 0 Å². The van der Waals surface area contributed by atoms with Crippen LogP contribution in [0.1, 0.15) is 52.0 Å². The number of hydrogen-bond donors (Lipinski definition) is 1. The first-order chi connectivity index (χ1) is 9.17. The van der Waals surface area contributed by atoms with E-state index >= 15 is 0 Å². The van der Waals surface area contributed by atoms with Gasteiger partial charge in [0.25, 0.3) is 0 Å². The summed E-state index contributed by atoms with van der Waals surface area (Å²) in [5.41, 5.74) is 0.833. The van der Waals surface area contributed by atoms with E-state index in [1.165, 1.54) is 12.8 Å². The van der Waals surface area contributed by atoms with Crippen LogP contribution < -0.4 is 5.32 Å². The van der Waals surface area contributed by atoms with Crippen molar-refractivity contribution < 1.29 is 4.39 Å². The summed E-state index contributed by atoms with van der Waals surface area (Å²) in [4.78, 5) is 0. The van der Waals surface area contributed by atoms with Crippen molar-refractivity contribution in [3.63, 3.8) is 0 Å². The van der Waals surface area contributed by atoms with Crippen LogP contribution in [0.15, 0.2) is 24.3 Å². The molecule has 0 radical (unpaired) electrons. The van der Waals surface area contributed by atoms with E-state index in [4.69, 9.17) is 0 Å². The average Bonchev–Trinajstić information content (AvgIpc) is 2.39. The Morgan fingerprint density at radius 3 is 2.53 bits per heavy atom. The quantitative estimate of drug-likeness (QED) is 0.690. The zero-order chi connectivity index (χ0) is 14.1. The van der Waals surface area contributed by atoms with E-state index in [0.717, 1.165) is 31.4 Å². The van der Waals surface area contributed by atoms with Crippen molar-refractivity contribution in [1.29, 1.82) is 0 Å².